The van der Waals surface area contributed by atoms with E-state index in [4.69, 9.17) is 4.52 Å². The van der Waals surface area contributed by atoms with Gasteiger partial charge in [-0.05, 0) is 31.4 Å². The molecule has 7 nitrogen and oxygen atoms in total. The Morgan fingerprint density at radius 2 is 2.04 bits per heavy atom. The number of halogens is 1. The Hall–Kier alpha value is -2.10. The number of aliphatic imine (C=N–C) groups is 1. The molecule has 0 unspecified atom stereocenters. The molecule has 28 heavy (non-hydrogen) atoms. The van der Waals surface area contributed by atoms with Gasteiger partial charge in [0, 0.05) is 26.2 Å². The first-order valence-electron chi connectivity index (χ1n) is 9.40. The standard InChI is InChI=1S/C20H28N6O.HI/c1-14(2)18-12-16(27-25-18)13-23-20(21-4)22-10-7-11-26-15(3)24-17-8-5-6-9-19(17)26;/h5-6,8-9,12,14H,7,10-11,13H2,1-4H3,(H2,21,22,23);1H. The Kier molecular flexibility index (Phi) is 8.28. The monoisotopic (exact) mass is 496 g/mol. The normalized spacial score (nSPS) is 11.7. The van der Waals surface area contributed by atoms with E-state index in [1.165, 1.54) is 5.52 Å². The third-order valence-corrected chi connectivity index (χ3v) is 4.52. The summed E-state index contributed by atoms with van der Waals surface area (Å²) in [6.45, 7) is 8.54. The molecule has 1 aromatic carbocycles. The van der Waals surface area contributed by atoms with E-state index in [0.717, 1.165) is 48.3 Å². The SMILES string of the molecule is CN=C(NCCCn1c(C)nc2ccccc21)NCc1cc(C(C)C)no1.I. The molecule has 0 saturated heterocycles. The van der Waals surface area contributed by atoms with Gasteiger partial charge in [-0.25, -0.2) is 4.98 Å². The Balaban J connectivity index is 0.00000280. The van der Waals surface area contributed by atoms with Crippen molar-refractivity contribution in [3.05, 3.63) is 47.6 Å². The summed E-state index contributed by atoms with van der Waals surface area (Å²) in [5.41, 5.74) is 3.20. The van der Waals surface area contributed by atoms with Crippen LogP contribution >= 0.6 is 24.0 Å². The fourth-order valence-corrected chi connectivity index (χ4v) is 3.00. The average molecular weight is 496 g/mol. The van der Waals surface area contributed by atoms with Crippen molar-refractivity contribution in [3.8, 4) is 0 Å². The Morgan fingerprint density at radius 1 is 1.25 bits per heavy atom. The molecule has 0 saturated carbocycles. The van der Waals surface area contributed by atoms with Crippen LogP contribution in [0.2, 0.25) is 0 Å². The molecule has 0 aliphatic carbocycles. The Bertz CT molecular complexity index is 914. The molecule has 3 rings (SSSR count). The quantitative estimate of drug-likeness (QED) is 0.225. The van der Waals surface area contributed by atoms with E-state index in [1.54, 1.807) is 7.05 Å². The lowest BCUT2D eigenvalue weighted by Crippen LogP contribution is -2.37. The smallest absolute Gasteiger partial charge is 0.191 e. The third kappa shape index (κ3) is 5.46. The summed E-state index contributed by atoms with van der Waals surface area (Å²) in [7, 11) is 1.77. The van der Waals surface area contributed by atoms with Crippen LogP contribution in [0.5, 0.6) is 0 Å². The first-order chi connectivity index (χ1) is 13.1. The fraction of sp³-hybridized carbons (Fsp3) is 0.450. The minimum atomic E-state index is 0. The number of imidazole rings is 1. The van der Waals surface area contributed by atoms with E-state index in [1.807, 2.05) is 12.1 Å². The van der Waals surface area contributed by atoms with E-state index < -0.39 is 0 Å². The van der Waals surface area contributed by atoms with Gasteiger partial charge in [0.05, 0.1) is 23.3 Å². The maximum Gasteiger partial charge on any atom is 0.191 e. The zero-order chi connectivity index (χ0) is 19.2. The molecule has 0 bridgehead atoms. The molecular weight excluding hydrogens is 467 g/mol. The van der Waals surface area contributed by atoms with Gasteiger partial charge in [0.15, 0.2) is 11.7 Å². The van der Waals surface area contributed by atoms with Crippen molar-refractivity contribution in [2.24, 2.45) is 4.99 Å². The van der Waals surface area contributed by atoms with Crippen molar-refractivity contribution >= 4 is 41.0 Å². The molecule has 0 amide bonds. The molecule has 0 radical (unpaired) electrons. The molecule has 0 atom stereocenters. The van der Waals surface area contributed by atoms with Crippen molar-refractivity contribution in [1.82, 2.24) is 25.3 Å². The van der Waals surface area contributed by atoms with Gasteiger partial charge >= 0.3 is 0 Å². The second-order valence-corrected chi connectivity index (χ2v) is 6.88. The lowest BCUT2D eigenvalue weighted by molar-refractivity contribution is 0.372. The zero-order valence-corrected chi connectivity index (χ0v) is 19.2. The molecule has 0 spiro atoms. The number of fused-ring (bicyclic) bond motifs is 1. The Morgan fingerprint density at radius 3 is 2.75 bits per heavy atom. The predicted octanol–water partition coefficient (Wildman–Crippen LogP) is 3.83. The third-order valence-electron chi connectivity index (χ3n) is 4.52. The number of hydrogen-bond acceptors (Lipinski definition) is 4. The predicted molar refractivity (Wildman–Crippen MR) is 123 cm³/mol. The first kappa shape index (κ1) is 22.2. The summed E-state index contributed by atoms with van der Waals surface area (Å²) in [5.74, 6) is 2.97. The highest BCUT2D eigenvalue weighted by atomic mass is 127. The molecule has 2 heterocycles. The maximum atomic E-state index is 5.34. The minimum absolute atomic E-state index is 0. The molecule has 0 aliphatic heterocycles. The van der Waals surface area contributed by atoms with Crippen LogP contribution in [0.1, 0.15) is 43.5 Å². The van der Waals surface area contributed by atoms with Gasteiger partial charge in [-0.15, -0.1) is 24.0 Å². The fourth-order valence-electron chi connectivity index (χ4n) is 3.00. The van der Waals surface area contributed by atoms with Crippen molar-refractivity contribution in [2.75, 3.05) is 13.6 Å². The van der Waals surface area contributed by atoms with Crippen molar-refractivity contribution in [3.63, 3.8) is 0 Å². The van der Waals surface area contributed by atoms with E-state index in [0.29, 0.717) is 12.5 Å². The van der Waals surface area contributed by atoms with Crippen LogP contribution in [0.15, 0.2) is 39.8 Å². The van der Waals surface area contributed by atoms with Gasteiger partial charge in [0.25, 0.3) is 0 Å². The minimum Gasteiger partial charge on any atom is -0.359 e. The summed E-state index contributed by atoms with van der Waals surface area (Å²) in [6.07, 6.45) is 0.974. The molecule has 2 aromatic heterocycles. The number of nitrogens with zero attached hydrogens (tertiary/aromatic N) is 4. The zero-order valence-electron chi connectivity index (χ0n) is 16.9. The van der Waals surface area contributed by atoms with Gasteiger partial charge in [-0.1, -0.05) is 31.1 Å². The maximum absolute atomic E-state index is 5.34. The molecule has 3 aromatic rings. The van der Waals surface area contributed by atoms with E-state index >= 15 is 0 Å². The van der Waals surface area contributed by atoms with Crippen LogP contribution in [0.4, 0.5) is 0 Å². The lowest BCUT2D eigenvalue weighted by Gasteiger charge is -2.11. The van der Waals surface area contributed by atoms with E-state index in [2.05, 4.69) is 69.3 Å². The Labute approximate surface area is 183 Å². The summed E-state index contributed by atoms with van der Waals surface area (Å²) in [5, 5.41) is 10.7. The summed E-state index contributed by atoms with van der Waals surface area (Å²) in [4.78, 5) is 8.87. The van der Waals surface area contributed by atoms with Crippen LogP contribution < -0.4 is 10.6 Å². The number of aromatic nitrogens is 3. The average Bonchev–Trinajstić information content (AvgIpc) is 3.25. The number of hydrogen-bond donors (Lipinski definition) is 2. The highest BCUT2D eigenvalue weighted by molar-refractivity contribution is 14.0. The number of nitrogens with one attached hydrogen (secondary N) is 2. The molecular formula is C20H29IN6O. The van der Waals surface area contributed by atoms with Crippen molar-refractivity contribution < 1.29 is 4.52 Å². The molecule has 0 aliphatic rings. The second-order valence-electron chi connectivity index (χ2n) is 6.88. The summed E-state index contributed by atoms with van der Waals surface area (Å²) < 4.78 is 7.60. The first-order valence-corrected chi connectivity index (χ1v) is 9.40. The number of para-hydroxylation sites is 2. The van der Waals surface area contributed by atoms with Gasteiger partial charge in [0.1, 0.15) is 5.82 Å². The van der Waals surface area contributed by atoms with Crippen molar-refractivity contribution in [1.29, 1.82) is 0 Å². The van der Waals surface area contributed by atoms with E-state index in [9.17, 15) is 0 Å². The van der Waals surface area contributed by atoms with Crippen molar-refractivity contribution in [2.45, 2.75) is 46.2 Å². The summed E-state index contributed by atoms with van der Waals surface area (Å²) in [6, 6.07) is 10.2. The van der Waals surface area contributed by atoms with Gasteiger partial charge in [0.2, 0.25) is 0 Å². The number of guanidine groups is 1. The number of aryl methyl sites for hydroxylation is 2. The van der Waals surface area contributed by atoms with Gasteiger partial charge in [-0.2, -0.15) is 0 Å². The number of benzene rings is 1. The largest absolute Gasteiger partial charge is 0.359 e. The van der Waals surface area contributed by atoms with Crippen LogP contribution in [-0.4, -0.2) is 34.3 Å². The molecule has 8 heteroatoms. The molecule has 152 valence electrons. The van der Waals surface area contributed by atoms with Crippen LogP contribution in [-0.2, 0) is 13.1 Å². The highest BCUT2D eigenvalue weighted by Gasteiger charge is 2.09. The molecule has 2 N–H and O–H groups in total. The number of rotatable bonds is 7. The van der Waals surface area contributed by atoms with E-state index in [-0.39, 0.29) is 24.0 Å². The second kappa shape index (κ2) is 10.4. The van der Waals surface area contributed by atoms with Crippen LogP contribution in [0, 0.1) is 6.92 Å². The molecule has 0 fully saturated rings. The van der Waals surface area contributed by atoms with Crippen LogP contribution in [0.25, 0.3) is 11.0 Å². The lowest BCUT2D eigenvalue weighted by atomic mass is 10.1. The van der Waals surface area contributed by atoms with Gasteiger partial charge < -0.3 is 19.7 Å². The van der Waals surface area contributed by atoms with Gasteiger partial charge in [-0.3, -0.25) is 4.99 Å². The highest BCUT2D eigenvalue weighted by Crippen LogP contribution is 2.16. The van der Waals surface area contributed by atoms with Crippen LogP contribution in [0.3, 0.4) is 0 Å². The summed E-state index contributed by atoms with van der Waals surface area (Å²) >= 11 is 0. The topological polar surface area (TPSA) is 80.3 Å².